The van der Waals surface area contributed by atoms with Gasteiger partial charge in [0.15, 0.2) is 0 Å². The number of sulfonamides is 1. The number of rotatable bonds is 5. The molecule has 0 radical (unpaired) electrons. The summed E-state index contributed by atoms with van der Waals surface area (Å²) in [5.74, 6) is -0.892. The van der Waals surface area contributed by atoms with E-state index in [1.807, 2.05) is 0 Å². The minimum Gasteiger partial charge on any atom is -0.480 e. The van der Waals surface area contributed by atoms with E-state index in [4.69, 9.17) is 5.11 Å². The third-order valence-corrected chi connectivity index (χ3v) is 4.78. The van der Waals surface area contributed by atoms with E-state index in [9.17, 15) is 13.2 Å². The van der Waals surface area contributed by atoms with Gasteiger partial charge in [0, 0.05) is 12.6 Å². The van der Waals surface area contributed by atoms with E-state index in [0.717, 1.165) is 12.8 Å². The second-order valence-corrected chi connectivity index (χ2v) is 6.62. The highest BCUT2D eigenvalue weighted by Crippen LogP contribution is 2.14. The Balaban J connectivity index is 2.00. The van der Waals surface area contributed by atoms with Crippen molar-refractivity contribution >= 4 is 16.0 Å². The predicted octanol–water partition coefficient (Wildman–Crippen LogP) is 0.514. The van der Waals surface area contributed by atoms with Gasteiger partial charge in [-0.1, -0.05) is 18.2 Å². The van der Waals surface area contributed by atoms with Gasteiger partial charge < -0.3 is 5.11 Å². The third kappa shape index (κ3) is 4.03. The Morgan fingerprint density at radius 2 is 2.05 bits per heavy atom. The molecule has 2 rings (SSSR count). The number of carboxylic acid groups (broad SMARTS) is 1. The molecule has 1 fully saturated rings. The van der Waals surface area contributed by atoms with Crippen LogP contribution in [0.1, 0.15) is 12.8 Å². The molecule has 0 aromatic heterocycles. The van der Waals surface area contributed by atoms with Gasteiger partial charge in [0.1, 0.15) is 0 Å². The molecule has 1 saturated heterocycles. The first-order chi connectivity index (χ1) is 9.47. The molecule has 110 valence electrons. The van der Waals surface area contributed by atoms with Gasteiger partial charge in [0.2, 0.25) is 10.0 Å². The third-order valence-electron chi connectivity index (χ3n) is 3.24. The van der Waals surface area contributed by atoms with Gasteiger partial charge >= 0.3 is 5.97 Å². The quantitative estimate of drug-likeness (QED) is 0.827. The zero-order chi connectivity index (χ0) is 14.6. The summed E-state index contributed by atoms with van der Waals surface area (Å²) in [4.78, 5) is 12.7. The lowest BCUT2D eigenvalue weighted by molar-refractivity contribution is -0.138. The Morgan fingerprint density at radius 3 is 2.70 bits per heavy atom. The summed E-state index contributed by atoms with van der Waals surface area (Å²) in [6, 6.07) is 7.95. The SMILES string of the molecule is O=C(O)CN1CCCC(NS(=O)(=O)c2ccccc2)C1. The van der Waals surface area contributed by atoms with Crippen LogP contribution in [0.2, 0.25) is 0 Å². The minimum atomic E-state index is -3.54. The fraction of sp³-hybridized carbons (Fsp3) is 0.462. The molecule has 7 heteroatoms. The van der Waals surface area contributed by atoms with Crippen LogP contribution in [0.25, 0.3) is 0 Å². The maximum Gasteiger partial charge on any atom is 0.317 e. The molecule has 0 bridgehead atoms. The molecule has 0 amide bonds. The Bertz CT molecular complexity index is 559. The zero-order valence-corrected chi connectivity index (χ0v) is 11.8. The lowest BCUT2D eigenvalue weighted by atomic mass is 10.1. The molecule has 2 N–H and O–H groups in total. The zero-order valence-electron chi connectivity index (χ0n) is 11.0. The summed E-state index contributed by atoms with van der Waals surface area (Å²) >= 11 is 0. The molecule has 1 heterocycles. The fourth-order valence-corrected chi connectivity index (χ4v) is 3.66. The molecule has 0 spiro atoms. The summed E-state index contributed by atoms with van der Waals surface area (Å²) in [5.41, 5.74) is 0. The maximum atomic E-state index is 12.2. The molecule has 0 saturated carbocycles. The van der Waals surface area contributed by atoms with Gasteiger partial charge in [-0.05, 0) is 31.5 Å². The highest BCUT2D eigenvalue weighted by molar-refractivity contribution is 7.89. The highest BCUT2D eigenvalue weighted by Gasteiger charge is 2.25. The average molecular weight is 298 g/mol. The molecule has 6 nitrogen and oxygen atoms in total. The van der Waals surface area contributed by atoms with Gasteiger partial charge in [-0.3, -0.25) is 9.69 Å². The molecule has 1 aliphatic heterocycles. The van der Waals surface area contributed by atoms with Crippen LogP contribution in [0, 0.1) is 0 Å². The number of hydrogen-bond acceptors (Lipinski definition) is 4. The topological polar surface area (TPSA) is 86.7 Å². The van der Waals surface area contributed by atoms with Crippen molar-refractivity contribution in [2.45, 2.75) is 23.8 Å². The number of aliphatic carboxylic acids is 1. The van der Waals surface area contributed by atoms with Crippen LogP contribution >= 0.6 is 0 Å². The van der Waals surface area contributed by atoms with Crippen molar-refractivity contribution in [2.24, 2.45) is 0 Å². The first-order valence-corrected chi connectivity index (χ1v) is 7.97. The Hall–Kier alpha value is -1.44. The van der Waals surface area contributed by atoms with Gasteiger partial charge in [-0.25, -0.2) is 13.1 Å². The number of benzene rings is 1. The van der Waals surface area contributed by atoms with Crippen molar-refractivity contribution in [3.8, 4) is 0 Å². The number of carboxylic acids is 1. The highest BCUT2D eigenvalue weighted by atomic mass is 32.2. The van der Waals surface area contributed by atoms with E-state index in [0.29, 0.717) is 13.1 Å². The first-order valence-electron chi connectivity index (χ1n) is 6.49. The molecule has 1 atom stereocenters. The molecule has 1 unspecified atom stereocenters. The molecule has 1 aliphatic rings. The van der Waals surface area contributed by atoms with Crippen LogP contribution in [-0.2, 0) is 14.8 Å². The summed E-state index contributed by atoms with van der Waals surface area (Å²) in [5, 5.41) is 8.78. The number of piperidine rings is 1. The van der Waals surface area contributed by atoms with Crippen molar-refractivity contribution in [2.75, 3.05) is 19.6 Å². The van der Waals surface area contributed by atoms with E-state index < -0.39 is 16.0 Å². The van der Waals surface area contributed by atoms with Gasteiger partial charge in [0.25, 0.3) is 0 Å². The monoisotopic (exact) mass is 298 g/mol. The van der Waals surface area contributed by atoms with Crippen LogP contribution < -0.4 is 4.72 Å². The number of nitrogens with one attached hydrogen (secondary N) is 1. The smallest absolute Gasteiger partial charge is 0.317 e. The Labute approximate surface area is 118 Å². The maximum absolute atomic E-state index is 12.2. The fourth-order valence-electron chi connectivity index (χ4n) is 2.37. The molecule has 0 aliphatic carbocycles. The van der Waals surface area contributed by atoms with Crippen molar-refractivity contribution in [3.63, 3.8) is 0 Å². The average Bonchev–Trinajstić information content (AvgIpc) is 2.39. The lowest BCUT2D eigenvalue weighted by Gasteiger charge is -2.31. The van der Waals surface area contributed by atoms with Crippen molar-refractivity contribution in [1.82, 2.24) is 9.62 Å². The minimum absolute atomic E-state index is 0.0520. The molecule has 1 aromatic carbocycles. The van der Waals surface area contributed by atoms with Crippen LogP contribution in [0.5, 0.6) is 0 Å². The van der Waals surface area contributed by atoms with Crippen LogP contribution in [0.4, 0.5) is 0 Å². The second kappa shape index (κ2) is 6.34. The molecule has 20 heavy (non-hydrogen) atoms. The van der Waals surface area contributed by atoms with Gasteiger partial charge in [0.05, 0.1) is 11.4 Å². The van der Waals surface area contributed by atoms with Crippen molar-refractivity contribution in [1.29, 1.82) is 0 Å². The Morgan fingerprint density at radius 1 is 1.35 bits per heavy atom. The van der Waals surface area contributed by atoms with E-state index in [-0.39, 0.29) is 17.5 Å². The number of hydrogen-bond donors (Lipinski definition) is 2. The predicted molar refractivity (Wildman–Crippen MR) is 73.9 cm³/mol. The largest absolute Gasteiger partial charge is 0.480 e. The summed E-state index contributed by atoms with van der Waals surface area (Å²) < 4.78 is 27.0. The number of likely N-dealkylation sites (tertiary alicyclic amines) is 1. The standard InChI is InChI=1S/C13H18N2O4S/c16-13(17)10-15-8-4-5-11(9-15)14-20(18,19)12-6-2-1-3-7-12/h1-3,6-7,11,14H,4-5,8-10H2,(H,16,17). The molecular weight excluding hydrogens is 280 g/mol. The molecular formula is C13H18N2O4S. The van der Waals surface area contributed by atoms with Crippen LogP contribution in [0.3, 0.4) is 0 Å². The molecule has 1 aromatic rings. The summed E-state index contributed by atoms with van der Waals surface area (Å²) in [7, 11) is -3.54. The summed E-state index contributed by atoms with van der Waals surface area (Å²) in [6.07, 6.45) is 1.51. The van der Waals surface area contributed by atoms with E-state index in [1.165, 1.54) is 0 Å². The van der Waals surface area contributed by atoms with Crippen molar-refractivity contribution in [3.05, 3.63) is 30.3 Å². The van der Waals surface area contributed by atoms with E-state index in [1.54, 1.807) is 35.2 Å². The van der Waals surface area contributed by atoms with E-state index >= 15 is 0 Å². The number of nitrogens with zero attached hydrogens (tertiary/aromatic N) is 1. The summed E-state index contributed by atoms with van der Waals surface area (Å²) in [6.45, 7) is 1.07. The van der Waals surface area contributed by atoms with Crippen molar-refractivity contribution < 1.29 is 18.3 Å². The normalized spacial score (nSPS) is 20.7. The lowest BCUT2D eigenvalue weighted by Crippen LogP contribution is -2.48. The van der Waals surface area contributed by atoms with Gasteiger partial charge in [-0.15, -0.1) is 0 Å². The number of carbonyl (C=O) groups is 1. The van der Waals surface area contributed by atoms with E-state index in [2.05, 4.69) is 4.72 Å². The Kier molecular flexibility index (Phi) is 4.74. The van der Waals surface area contributed by atoms with Gasteiger partial charge in [-0.2, -0.15) is 0 Å². The van der Waals surface area contributed by atoms with Crippen LogP contribution in [-0.4, -0.2) is 50.1 Å². The first kappa shape index (κ1) is 15.0. The van der Waals surface area contributed by atoms with Crippen LogP contribution in [0.15, 0.2) is 35.2 Å². The second-order valence-electron chi connectivity index (χ2n) is 4.90.